The number of carboxylic acids is 1. The Hall–Kier alpha value is -4.80. The van der Waals surface area contributed by atoms with Crippen LogP contribution < -0.4 is 32.7 Å². The number of amides is 6. The molecular weight excluding hydrogens is 698 g/mol. The largest absolute Gasteiger partial charge is 0.480 e. The highest BCUT2D eigenvalue weighted by Crippen LogP contribution is 2.26. The first kappa shape index (κ1) is 43.6. The predicted octanol–water partition coefficient (Wildman–Crippen LogP) is 0.816. The van der Waals surface area contributed by atoms with E-state index in [0.29, 0.717) is 115 Å². The summed E-state index contributed by atoms with van der Waals surface area (Å²) in [6, 6.07) is -0.509. The summed E-state index contributed by atoms with van der Waals surface area (Å²) in [4.78, 5) is 97.6. The van der Waals surface area contributed by atoms with Crippen molar-refractivity contribution >= 4 is 47.2 Å². The van der Waals surface area contributed by atoms with Gasteiger partial charge in [-0.15, -0.1) is 0 Å². The Kier molecular flexibility index (Phi) is 18.6. The fraction of sp³-hybridized carbons (Fsp3) is 0.676. The van der Waals surface area contributed by atoms with E-state index in [-0.39, 0.29) is 37.1 Å². The minimum Gasteiger partial charge on any atom is -0.480 e. The Morgan fingerprint density at radius 3 is 2.28 bits per heavy atom. The molecule has 0 aromatic carbocycles. The minimum absolute atomic E-state index is 0.185. The van der Waals surface area contributed by atoms with Gasteiger partial charge in [-0.1, -0.05) is 26.2 Å². The molecule has 54 heavy (non-hydrogen) atoms. The van der Waals surface area contributed by atoms with Crippen LogP contribution in [0.3, 0.4) is 0 Å². The molecule has 4 atom stereocenters. The van der Waals surface area contributed by atoms with Crippen LogP contribution in [0.5, 0.6) is 0 Å². The molecule has 3 heterocycles. The van der Waals surface area contributed by atoms with Gasteiger partial charge in [0.2, 0.25) is 29.5 Å². The summed E-state index contributed by atoms with van der Waals surface area (Å²) in [5.74, 6) is -3.19. The van der Waals surface area contributed by atoms with Crippen molar-refractivity contribution in [3.05, 3.63) is 23.9 Å². The van der Waals surface area contributed by atoms with Crippen molar-refractivity contribution in [1.29, 1.82) is 0 Å². The summed E-state index contributed by atoms with van der Waals surface area (Å²) in [7, 11) is 0. The first-order valence-corrected chi connectivity index (χ1v) is 19.4. The number of hydrogen-bond acceptors (Lipinski definition) is 10. The molecule has 1 aromatic heterocycles. The van der Waals surface area contributed by atoms with Crippen LogP contribution in [-0.4, -0.2) is 118 Å². The Balaban J connectivity index is 1.51. The second kappa shape index (κ2) is 23.1. The maximum absolute atomic E-state index is 14.0. The number of unbranched alkanes of at least 4 members (excludes halogenated alkanes) is 4. The molecule has 2 saturated heterocycles. The van der Waals surface area contributed by atoms with E-state index in [2.05, 4.69) is 26.3 Å². The number of hydrogen-bond donors (Lipinski definition) is 7. The average molecular weight is 758 g/mol. The fourth-order valence-corrected chi connectivity index (χ4v) is 6.77. The van der Waals surface area contributed by atoms with Crippen LogP contribution in [0.2, 0.25) is 0 Å². The second-order valence-corrected chi connectivity index (χ2v) is 14.0. The lowest BCUT2D eigenvalue weighted by Gasteiger charge is -2.39. The summed E-state index contributed by atoms with van der Waals surface area (Å²) in [5, 5.41) is 20.4. The van der Waals surface area contributed by atoms with Crippen LogP contribution in [-0.2, 0) is 28.8 Å². The van der Waals surface area contributed by atoms with E-state index in [4.69, 9.17) is 11.5 Å². The lowest BCUT2D eigenvalue weighted by molar-refractivity contribution is -0.152. The standard InChI is InChI=1S/C37H59N9O8/c1-2-3-12-27(37(53)54)44-34(50)28-15-11-22-45(28)36(52)29-14-7-10-21-46(29)35(51)26(13-6-8-19-38)43-32(48)24-42-31(47)16-5-4-9-20-40-33(49)25-17-18-30(39)41-23-25/h17-18,23,26-29H,2-16,19-22,24,38H2,1H3,(H2,39,41)(H,40,49)(H,42,47)(H,43,48)(H,44,50)(H,53,54)/t26-,27?,28-,29?/m0/s1. The van der Waals surface area contributed by atoms with E-state index in [9.17, 15) is 38.7 Å². The quantitative estimate of drug-likeness (QED) is 0.0815. The number of aliphatic carboxylic acids is 1. The normalized spacial score (nSPS) is 18.0. The molecule has 17 heteroatoms. The molecule has 2 unspecified atom stereocenters. The van der Waals surface area contributed by atoms with Gasteiger partial charge in [0, 0.05) is 32.3 Å². The van der Waals surface area contributed by atoms with E-state index >= 15 is 0 Å². The number of rotatable bonds is 22. The molecule has 6 amide bonds. The number of nitrogens with one attached hydrogen (secondary N) is 4. The maximum Gasteiger partial charge on any atom is 0.326 e. The van der Waals surface area contributed by atoms with Crippen LogP contribution in [0.15, 0.2) is 18.3 Å². The van der Waals surface area contributed by atoms with E-state index in [1.54, 1.807) is 12.1 Å². The van der Waals surface area contributed by atoms with Gasteiger partial charge in [-0.05, 0) is 89.3 Å². The van der Waals surface area contributed by atoms with Gasteiger partial charge in [-0.3, -0.25) is 28.8 Å². The van der Waals surface area contributed by atoms with Crippen molar-refractivity contribution in [1.82, 2.24) is 36.1 Å². The number of nitrogens with two attached hydrogens (primary N) is 2. The van der Waals surface area contributed by atoms with Crippen molar-refractivity contribution in [2.75, 3.05) is 38.5 Å². The van der Waals surface area contributed by atoms with Gasteiger partial charge in [0.15, 0.2) is 0 Å². The predicted molar refractivity (Wildman–Crippen MR) is 200 cm³/mol. The number of pyridine rings is 1. The highest BCUT2D eigenvalue weighted by molar-refractivity contribution is 5.96. The molecule has 0 saturated carbocycles. The molecule has 17 nitrogen and oxygen atoms in total. The first-order chi connectivity index (χ1) is 26.0. The zero-order valence-corrected chi connectivity index (χ0v) is 31.5. The molecule has 0 aliphatic carbocycles. The van der Waals surface area contributed by atoms with Crippen molar-refractivity contribution in [2.24, 2.45) is 5.73 Å². The van der Waals surface area contributed by atoms with Gasteiger partial charge in [-0.2, -0.15) is 0 Å². The summed E-state index contributed by atoms with van der Waals surface area (Å²) in [6.07, 6.45) is 9.38. The number of likely N-dealkylation sites (tertiary alicyclic amines) is 2. The molecule has 2 aliphatic heterocycles. The Morgan fingerprint density at radius 2 is 1.57 bits per heavy atom. The van der Waals surface area contributed by atoms with Crippen LogP contribution in [0.25, 0.3) is 0 Å². The molecule has 2 aliphatic rings. The highest BCUT2D eigenvalue weighted by atomic mass is 16.4. The Bertz CT molecular complexity index is 1430. The van der Waals surface area contributed by atoms with Crippen molar-refractivity contribution < 1.29 is 38.7 Å². The summed E-state index contributed by atoms with van der Waals surface area (Å²) in [6.45, 7) is 3.06. The SMILES string of the molecule is CCCCC(NC(=O)[C@@H]1CCCN1C(=O)C1CCCCN1C(=O)[C@H](CCCCN)NC(=O)CNC(=O)CCCCCNC(=O)c1ccc(N)nc1)C(=O)O. The van der Waals surface area contributed by atoms with Crippen molar-refractivity contribution in [2.45, 2.75) is 127 Å². The van der Waals surface area contributed by atoms with E-state index in [1.165, 1.54) is 16.0 Å². The average Bonchev–Trinajstić information content (AvgIpc) is 3.66. The minimum atomic E-state index is -1.12. The third-order valence-electron chi connectivity index (χ3n) is 9.81. The lowest BCUT2D eigenvalue weighted by atomic mass is 9.98. The van der Waals surface area contributed by atoms with Crippen LogP contribution >= 0.6 is 0 Å². The van der Waals surface area contributed by atoms with Gasteiger partial charge >= 0.3 is 5.97 Å². The van der Waals surface area contributed by atoms with Crippen LogP contribution in [0.1, 0.15) is 114 Å². The van der Waals surface area contributed by atoms with Crippen LogP contribution in [0.4, 0.5) is 5.82 Å². The van der Waals surface area contributed by atoms with Crippen molar-refractivity contribution in [3.8, 4) is 0 Å². The maximum atomic E-state index is 14.0. The highest BCUT2D eigenvalue weighted by Gasteiger charge is 2.43. The van der Waals surface area contributed by atoms with Crippen molar-refractivity contribution in [3.63, 3.8) is 0 Å². The molecule has 0 radical (unpaired) electrons. The van der Waals surface area contributed by atoms with Gasteiger partial charge in [0.05, 0.1) is 12.1 Å². The Labute approximate surface area is 317 Å². The van der Waals surface area contributed by atoms with Gasteiger partial charge in [-0.25, -0.2) is 9.78 Å². The van der Waals surface area contributed by atoms with Crippen LogP contribution in [0, 0.1) is 0 Å². The molecule has 3 rings (SSSR count). The van der Waals surface area contributed by atoms with Gasteiger partial charge in [0.25, 0.3) is 5.91 Å². The summed E-state index contributed by atoms with van der Waals surface area (Å²) < 4.78 is 0. The van der Waals surface area contributed by atoms with Gasteiger partial charge < -0.3 is 47.6 Å². The summed E-state index contributed by atoms with van der Waals surface area (Å²) in [5.41, 5.74) is 11.6. The summed E-state index contributed by atoms with van der Waals surface area (Å²) >= 11 is 0. The molecule has 300 valence electrons. The number of anilines is 1. The topological polar surface area (TPSA) is 259 Å². The molecule has 1 aromatic rings. The third kappa shape index (κ3) is 13.9. The molecule has 0 spiro atoms. The zero-order valence-electron chi connectivity index (χ0n) is 31.5. The first-order valence-electron chi connectivity index (χ1n) is 19.4. The molecular formula is C37H59N9O8. The third-order valence-corrected chi connectivity index (χ3v) is 9.81. The number of nitrogen functional groups attached to an aromatic ring is 1. The van der Waals surface area contributed by atoms with Gasteiger partial charge in [0.1, 0.15) is 30.0 Å². The number of nitrogens with zero attached hydrogens (tertiary/aromatic N) is 3. The lowest BCUT2D eigenvalue weighted by Crippen LogP contribution is -2.60. The number of carboxylic acid groups (broad SMARTS) is 1. The number of carbonyl (C=O) groups is 7. The second-order valence-electron chi connectivity index (χ2n) is 14.0. The molecule has 2 fully saturated rings. The number of carbonyl (C=O) groups excluding carboxylic acids is 6. The molecule has 9 N–H and O–H groups in total. The monoisotopic (exact) mass is 757 g/mol. The fourth-order valence-electron chi connectivity index (χ4n) is 6.77. The zero-order chi connectivity index (χ0) is 39.5. The Morgan fingerprint density at radius 1 is 0.833 bits per heavy atom. The molecule has 0 bridgehead atoms. The number of piperidine rings is 1. The van der Waals surface area contributed by atoms with E-state index in [1.807, 2.05) is 6.92 Å². The number of aromatic nitrogens is 1. The smallest absolute Gasteiger partial charge is 0.326 e. The van der Waals surface area contributed by atoms with E-state index in [0.717, 1.165) is 6.42 Å². The van der Waals surface area contributed by atoms with E-state index < -0.39 is 47.9 Å².